The normalized spacial score (nSPS) is 16.2. The number of hydrogen-bond acceptors (Lipinski definition) is 3. The number of aromatic amines is 1. The van der Waals surface area contributed by atoms with Crippen LogP contribution in [0.5, 0.6) is 0 Å². The van der Waals surface area contributed by atoms with Gasteiger partial charge < -0.3 is 4.98 Å². The van der Waals surface area contributed by atoms with Gasteiger partial charge in [-0.05, 0) is 53.5 Å². The number of imidazole rings is 1. The third-order valence-electron chi connectivity index (χ3n) is 4.70. The second-order valence-corrected chi connectivity index (χ2v) is 8.17. The van der Waals surface area contributed by atoms with E-state index in [9.17, 15) is 4.79 Å². The quantitative estimate of drug-likeness (QED) is 0.732. The van der Waals surface area contributed by atoms with Crippen LogP contribution in [0, 0.1) is 16.7 Å². The first-order valence-electron chi connectivity index (χ1n) is 8.34. The monoisotopic (exact) mass is 397 g/mol. The van der Waals surface area contributed by atoms with Crippen molar-refractivity contribution in [3.63, 3.8) is 0 Å². The van der Waals surface area contributed by atoms with E-state index in [1.165, 1.54) is 11.8 Å². The van der Waals surface area contributed by atoms with Crippen molar-refractivity contribution in [1.29, 1.82) is 5.26 Å². The van der Waals surface area contributed by atoms with E-state index in [-0.39, 0.29) is 18.0 Å². The first-order valence-corrected chi connectivity index (χ1v) is 9.13. The number of nitrogens with one attached hydrogen (secondary N) is 1. The molecule has 2 aromatic rings. The SMILES string of the molecule is CC1(C)CC=C(c2cc(Br)ccc2CC(=O)c2ncc(C#N)[nH]2)CC1. The number of carbonyl (C=O) groups excluding carboxylic acids is 1. The lowest BCUT2D eigenvalue weighted by molar-refractivity contribution is 0.0984. The van der Waals surface area contributed by atoms with E-state index < -0.39 is 0 Å². The Balaban J connectivity index is 1.88. The number of Topliss-reactive ketones (excluding diaryl/α,β-unsaturated/α-hetero) is 1. The average Bonchev–Trinajstić information content (AvgIpc) is 3.06. The Kier molecular flexibility index (Phi) is 4.91. The highest BCUT2D eigenvalue weighted by Crippen LogP contribution is 2.39. The Hall–Kier alpha value is -2.19. The summed E-state index contributed by atoms with van der Waals surface area (Å²) < 4.78 is 1.01. The van der Waals surface area contributed by atoms with Crippen LogP contribution >= 0.6 is 15.9 Å². The molecule has 1 heterocycles. The van der Waals surface area contributed by atoms with Crippen molar-refractivity contribution in [2.45, 2.75) is 39.5 Å². The van der Waals surface area contributed by atoms with Crippen LogP contribution in [-0.4, -0.2) is 15.8 Å². The Bertz CT molecular complexity index is 887. The fourth-order valence-electron chi connectivity index (χ4n) is 3.10. The van der Waals surface area contributed by atoms with E-state index in [0.717, 1.165) is 34.9 Å². The highest BCUT2D eigenvalue weighted by atomic mass is 79.9. The number of rotatable bonds is 4. The van der Waals surface area contributed by atoms with Gasteiger partial charge in [0.25, 0.3) is 0 Å². The van der Waals surface area contributed by atoms with Crippen molar-refractivity contribution in [3.8, 4) is 6.07 Å². The largest absolute Gasteiger partial charge is 0.327 e. The van der Waals surface area contributed by atoms with Gasteiger partial charge in [-0.1, -0.05) is 41.9 Å². The molecule has 1 N–H and O–H groups in total. The molecule has 0 fully saturated rings. The number of nitrogens with zero attached hydrogens (tertiary/aromatic N) is 2. The minimum atomic E-state index is -0.109. The zero-order valence-electron chi connectivity index (χ0n) is 14.4. The number of halogens is 1. The fraction of sp³-hybridized carbons (Fsp3) is 0.350. The lowest BCUT2D eigenvalue weighted by Gasteiger charge is -2.29. The second-order valence-electron chi connectivity index (χ2n) is 7.26. The zero-order valence-corrected chi connectivity index (χ0v) is 16.0. The molecule has 0 saturated carbocycles. The van der Waals surface area contributed by atoms with Crippen LogP contribution in [0.1, 0.15) is 60.5 Å². The van der Waals surface area contributed by atoms with Crippen LogP contribution < -0.4 is 0 Å². The first-order chi connectivity index (χ1) is 11.9. The summed E-state index contributed by atoms with van der Waals surface area (Å²) in [6, 6.07) is 8.00. The molecular formula is C20H20BrN3O. The molecule has 5 heteroatoms. The van der Waals surface area contributed by atoms with E-state index in [4.69, 9.17) is 5.26 Å². The molecular weight excluding hydrogens is 378 g/mol. The van der Waals surface area contributed by atoms with E-state index >= 15 is 0 Å². The predicted octanol–water partition coefficient (Wildman–Crippen LogP) is 5.06. The Morgan fingerprint density at radius 3 is 2.88 bits per heavy atom. The summed E-state index contributed by atoms with van der Waals surface area (Å²) in [6.45, 7) is 4.57. The molecule has 1 aliphatic carbocycles. The number of benzene rings is 1. The van der Waals surface area contributed by atoms with Gasteiger partial charge in [-0.25, -0.2) is 4.98 Å². The van der Waals surface area contributed by atoms with Crippen LogP contribution in [0.2, 0.25) is 0 Å². The summed E-state index contributed by atoms with van der Waals surface area (Å²) >= 11 is 3.54. The molecule has 1 aromatic heterocycles. The summed E-state index contributed by atoms with van der Waals surface area (Å²) in [6.07, 6.45) is 7.17. The molecule has 0 bridgehead atoms. The van der Waals surface area contributed by atoms with Crippen molar-refractivity contribution in [1.82, 2.24) is 9.97 Å². The van der Waals surface area contributed by atoms with Crippen LogP contribution in [0.3, 0.4) is 0 Å². The van der Waals surface area contributed by atoms with E-state index in [0.29, 0.717) is 11.1 Å². The maximum Gasteiger partial charge on any atom is 0.202 e. The number of hydrogen-bond donors (Lipinski definition) is 1. The van der Waals surface area contributed by atoms with Gasteiger partial charge in [0, 0.05) is 10.9 Å². The molecule has 128 valence electrons. The highest BCUT2D eigenvalue weighted by molar-refractivity contribution is 9.10. The lowest BCUT2D eigenvalue weighted by Crippen LogP contribution is -2.15. The number of nitriles is 1. The Labute approximate surface area is 156 Å². The third kappa shape index (κ3) is 4.08. The lowest BCUT2D eigenvalue weighted by atomic mass is 9.76. The maximum atomic E-state index is 12.5. The van der Waals surface area contributed by atoms with Gasteiger partial charge in [0.15, 0.2) is 5.82 Å². The molecule has 0 atom stereocenters. The summed E-state index contributed by atoms with van der Waals surface area (Å²) in [4.78, 5) is 19.3. The number of H-pyrrole nitrogens is 1. The van der Waals surface area contributed by atoms with Crippen molar-refractivity contribution in [3.05, 3.63) is 57.6 Å². The molecule has 0 saturated heterocycles. The number of allylic oxidation sites excluding steroid dienone is 2. The maximum absolute atomic E-state index is 12.5. The Morgan fingerprint density at radius 2 is 2.24 bits per heavy atom. The van der Waals surface area contributed by atoms with Crippen LogP contribution in [0.4, 0.5) is 0 Å². The van der Waals surface area contributed by atoms with Gasteiger partial charge in [0.05, 0.1) is 6.20 Å². The summed E-state index contributed by atoms with van der Waals surface area (Å²) in [7, 11) is 0. The van der Waals surface area contributed by atoms with Crippen molar-refractivity contribution < 1.29 is 4.79 Å². The molecule has 0 amide bonds. The zero-order chi connectivity index (χ0) is 18.0. The van der Waals surface area contributed by atoms with Crippen LogP contribution in [0.15, 0.2) is 34.9 Å². The Morgan fingerprint density at radius 1 is 1.44 bits per heavy atom. The summed E-state index contributed by atoms with van der Waals surface area (Å²) in [5.41, 5.74) is 4.07. The molecule has 0 unspecified atom stereocenters. The second kappa shape index (κ2) is 6.97. The first kappa shape index (κ1) is 17.6. The number of aromatic nitrogens is 2. The van der Waals surface area contributed by atoms with E-state index in [1.54, 1.807) is 0 Å². The van der Waals surface area contributed by atoms with Gasteiger partial charge in [0.2, 0.25) is 5.78 Å². The molecule has 0 radical (unpaired) electrons. The van der Waals surface area contributed by atoms with Gasteiger partial charge >= 0.3 is 0 Å². The van der Waals surface area contributed by atoms with E-state index in [2.05, 4.69) is 51.9 Å². The van der Waals surface area contributed by atoms with Gasteiger partial charge in [-0.2, -0.15) is 5.26 Å². The third-order valence-corrected chi connectivity index (χ3v) is 5.19. The van der Waals surface area contributed by atoms with Gasteiger partial charge in [-0.3, -0.25) is 4.79 Å². The topological polar surface area (TPSA) is 69.5 Å². The molecule has 0 aliphatic heterocycles. The highest BCUT2D eigenvalue weighted by Gasteiger charge is 2.23. The summed E-state index contributed by atoms with van der Waals surface area (Å²) in [5.74, 6) is 0.131. The minimum absolute atomic E-state index is 0.109. The number of ketones is 1. The van der Waals surface area contributed by atoms with Crippen LogP contribution in [0.25, 0.3) is 5.57 Å². The molecule has 0 spiro atoms. The smallest absolute Gasteiger partial charge is 0.202 e. The molecule has 1 aliphatic rings. The van der Waals surface area contributed by atoms with Gasteiger partial charge in [-0.15, -0.1) is 0 Å². The minimum Gasteiger partial charge on any atom is -0.327 e. The standard InChI is InChI=1S/C20H20BrN3O/c1-20(2)7-5-13(6-8-20)17-10-15(21)4-3-14(17)9-18(25)19-23-12-16(11-22)24-19/h3-5,10,12H,6-9H2,1-2H3,(H,23,24). The fourth-order valence-corrected chi connectivity index (χ4v) is 3.46. The van der Waals surface area contributed by atoms with Crippen molar-refractivity contribution >= 4 is 27.3 Å². The molecule has 4 nitrogen and oxygen atoms in total. The average molecular weight is 398 g/mol. The van der Waals surface area contributed by atoms with Crippen LogP contribution in [-0.2, 0) is 6.42 Å². The number of carbonyl (C=O) groups is 1. The molecule has 25 heavy (non-hydrogen) atoms. The van der Waals surface area contributed by atoms with Crippen molar-refractivity contribution in [2.75, 3.05) is 0 Å². The van der Waals surface area contributed by atoms with Crippen molar-refractivity contribution in [2.24, 2.45) is 5.41 Å². The summed E-state index contributed by atoms with van der Waals surface area (Å²) in [5, 5.41) is 8.86. The molecule has 3 rings (SSSR count). The van der Waals surface area contributed by atoms with E-state index in [1.807, 2.05) is 18.2 Å². The predicted molar refractivity (Wildman–Crippen MR) is 101 cm³/mol. The van der Waals surface area contributed by atoms with Gasteiger partial charge in [0.1, 0.15) is 11.8 Å². The molecule has 1 aromatic carbocycles.